The van der Waals surface area contributed by atoms with Gasteiger partial charge in [-0.15, -0.1) is 0 Å². The first kappa shape index (κ1) is 23.0. The number of halogens is 1. The maximum absolute atomic E-state index is 12.3. The predicted molar refractivity (Wildman–Crippen MR) is 125 cm³/mol. The molecule has 32 heavy (non-hydrogen) atoms. The number of hydrogen-bond acceptors (Lipinski definition) is 6. The Kier molecular flexibility index (Phi) is 7.99. The van der Waals surface area contributed by atoms with Crippen molar-refractivity contribution < 1.29 is 23.8 Å². The molecule has 3 aromatic rings. The summed E-state index contributed by atoms with van der Waals surface area (Å²) in [5.74, 6) is 0.344. The molecule has 0 aliphatic carbocycles. The second-order valence-corrected chi connectivity index (χ2v) is 7.62. The maximum atomic E-state index is 12.3. The normalized spacial score (nSPS) is 10.6. The lowest BCUT2D eigenvalue weighted by Gasteiger charge is -2.10. The molecule has 1 amide bonds. The number of benzene rings is 3. The van der Waals surface area contributed by atoms with Crippen LogP contribution in [0.3, 0.4) is 0 Å². The summed E-state index contributed by atoms with van der Waals surface area (Å²) < 4.78 is 17.0. The molecule has 0 heterocycles. The molecule has 0 bridgehead atoms. The molecule has 0 atom stereocenters. The van der Waals surface area contributed by atoms with E-state index in [0.29, 0.717) is 22.6 Å². The van der Waals surface area contributed by atoms with E-state index in [1.165, 1.54) is 13.3 Å². The standard InChI is InChI=1S/C24H21BrN2O5/c1-16-4-3-5-20(12-16)31-15-23(28)27-26-14-17-6-11-21(22(13-17)30-2)32-24(29)18-7-9-19(25)10-8-18/h3-14H,15H2,1-2H3,(H,27,28). The highest BCUT2D eigenvalue weighted by Crippen LogP contribution is 2.28. The van der Waals surface area contributed by atoms with Crippen LogP contribution in [0, 0.1) is 6.92 Å². The number of methoxy groups -OCH3 is 1. The van der Waals surface area contributed by atoms with Gasteiger partial charge in [0.15, 0.2) is 18.1 Å². The van der Waals surface area contributed by atoms with Gasteiger partial charge >= 0.3 is 5.97 Å². The van der Waals surface area contributed by atoms with E-state index in [1.807, 2.05) is 25.1 Å². The fourth-order valence-corrected chi connectivity index (χ4v) is 2.92. The van der Waals surface area contributed by atoms with Gasteiger partial charge in [-0.1, -0.05) is 28.1 Å². The summed E-state index contributed by atoms with van der Waals surface area (Å²) in [6, 6.07) is 19.2. The second kappa shape index (κ2) is 11.1. The third-order valence-electron chi connectivity index (χ3n) is 4.23. The Morgan fingerprint density at radius 3 is 2.53 bits per heavy atom. The topological polar surface area (TPSA) is 86.2 Å². The van der Waals surface area contributed by atoms with E-state index in [4.69, 9.17) is 14.2 Å². The number of amides is 1. The van der Waals surface area contributed by atoms with Crippen molar-refractivity contribution >= 4 is 34.0 Å². The molecule has 7 nitrogen and oxygen atoms in total. The third-order valence-corrected chi connectivity index (χ3v) is 4.76. The van der Waals surface area contributed by atoms with Crippen LogP contribution in [0.5, 0.6) is 17.2 Å². The van der Waals surface area contributed by atoms with Crippen LogP contribution >= 0.6 is 15.9 Å². The Morgan fingerprint density at radius 1 is 1.03 bits per heavy atom. The number of carbonyl (C=O) groups excluding carboxylic acids is 2. The number of aryl methyl sites for hydroxylation is 1. The molecule has 0 aliphatic heterocycles. The summed E-state index contributed by atoms with van der Waals surface area (Å²) in [5.41, 5.74) is 4.50. The minimum atomic E-state index is -0.502. The molecule has 0 saturated carbocycles. The van der Waals surface area contributed by atoms with Crippen LogP contribution in [0.25, 0.3) is 0 Å². The molecule has 164 valence electrons. The van der Waals surface area contributed by atoms with Crippen molar-refractivity contribution in [1.82, 2.24) is 5.43 Å². The highest BCUT2D eigenvalue weighted by Gasteiger charge is 2.13. The number of nitrogens with one attached hydrogen (secondary N) is 1. The van der Waals surface area contributed by atoms with Gasteiger partial charge in [-0.25, -0.2) is 10.2 Å². The van der Waals surface area contributed by atoms with Gasteiger partial charge in [-0.05, 0) is 72.6 Å². The van der Waals surface area contributed by atoms with Crippen LogP contribution in [0.1, 0.15) is 21.5 Å². The number of rotatable bonds is 8. The number of nitrogens with zero attached hydrogens (tertiary/aromatic N) is 1. The van der Waals surface area contributed by atoms with E-state index in [9.17, 15) is 9.59 Å². The molecule has 3 aromatic carbocycles. The van der Waals surface area contributed by atoms with Gasteiger partial charge in [0.05, 0.1) is 18.9 Å². The molecule has 0 aromatic heterocycles. The van der Waals surface area contributed by atoms with Crippen molar-refractivity contribution in [2.45, 2.75) is 6.92 Å². The van der Waals surface area contributed by atoms with Gasteiger partial charge in [0, 0.05) is 4.47 Å². The Balaban J connectivity index is 1.56. The van der Waals surface area contributed by atoms with Gasteiger partial charge < -0.3 is 14.2 Å². The summed E-state index contributed by atoms with van der Waals surface area (Å²) in [4.78, 5) is 24.2. The van der Waals surface area contributed by atoms with Crippen LogP contribution in [-0.4, -0.2) is 31.8 Å². The SMILES string of the molecule is COc1cc(C=NNC(=O)COc2cccc(C)c2)ccc1OC(=O)c1ccc(Br)cc1. The summed E-state index contributed by atoms with van der Waals surface area (Å²) in [7, 11) is 1.47. The number of ether oxygens (including phenoxy) is 3. The molecule has 0 fully saturated rings. The van der Waals surface area contributed by atoms with E-state index in [2.05, 4.69) is 26.5 Å². The van der Waals surface area contributed by atoms with Crippen LogP contribution in [0.2, 0.25) is 0 Å². The fourth-order valence-electron chi connectivity index (χ4n) is 2.66. The fraction of sp³-hybridized carbons (Fsp3) is 0.125. The lowest BCUT2D eigenvalue weighted by Crippen LogP contribution is -2.24. The molecule has 0 saturated heterocycles. The van der Waals surface area contributed by atoms with E-state index < -0.39 is 11.9 Å². The molecule has 0 radical (unpaired) electrons. The summed E-state index contributed by atoms with van der Waals surface area (Å²) in [6.45, 7) is 1.79. The molecular weight excluding hydrogens is 476 g/mol. The first-order valence-electron chi connectivity index (χ1n) is 9.62. The zero-order valence-corrected chi connectivity index (χ0v) is 19.1. The Morgan fingerprint density at radius 2 is 1.81 bits per heavy atom. The largest absolute Gasteiger partial charge is 0.493 e. The highest BCUT2D eigenvalue weighted by molar-refractivity contribution is 9.10. The molecule has 0 unspecified atom stereocenters. The summed E-state index contributed by atoms with van der Waals surface area (Å²) in [6.07, 6.45) is 1.45. The molecule has 1 N–H and O–H groups in total. The lowest BCUT2D eigenvalue weighted by atomic mass is 10.2. The van der Waals surface area contributed by atoms with Crippen molar-refractivity contribution in [3.8, 4) is 17.2 Å². The van der Waals surface area contributed by atoms with Gasteiger partial charge in [0.25, 0.3) is 5.91 Å². The van der Waals surface area contributed by atoms with E-state index >= 15 is 0 Å². The lowest BCUT2D eigenvalue weighted by molar-refractivity contribution is -0.123. The number of esters is 1. The van der Waals surface area contributed by atoms with Gasteiger partial charge in [0.1, 0.15) is 5.75 Å². The minimum absolute atomic E-state index is 0.158. The van der Waals surface area contributed by atoms with Crippen LogP contribution in [0.15, 0.2) is 76.3 Å². The minimum Gasteiger partial charge on any atom is -0.493 e. The van der Waals surface area contributed by atoms with Crippen molar-refractivity contribution in [2.75, 3.05) is 13.7 Å². The average Bonchev–Trinajstić information content (AvgIpc) is 2.79. The smallest absolute Gasteiger partial charge is 0.343 e. The van der Waals surface area contributed by atoms with Crippen LogP contribution < -0.4 is 19.6 Å². The average molecular weight is 497 g/mol. The first-order valence-corrected chi connectivity index (χ1v) is 10.4. The quantitative estimate of drug-likeness (QED) is 0.214. The summed E-state index contributed by atoms with van der Waals surface area (Å²) in [5, 5.41) is 3.92. The summed E-state index contributed by atoms with van der Waals surface area (Å²) >= 11 is 3.33. The first-order chi connectivity index (χ1) is 15.4. The van der Waals surface area contributed by atoms with Crippen molar-refractivity contribution in [3.05, 3.63) is 87.9 Å². The number of hydrogen-bond donors (Lipinski definition) is 1. The molecule has 0 aliphatic rings. The Hall–Kier alpha value is -3.65. The number of carbonyl (C=O) groups is 2. The van der Waals surface area contributed by atoms with E-state index in [0.717, 1.165) is 10.0 Å². The maximum Gasteiger partial charge on any atom is 0.343 e. The molecular formula is C24H21BrN2O5. The zero-order valence-electron chi connectivity index (χ0n) is 17.5. The van der Waals surface area contributed by atoms with Gasteiger partial charge in [-0.3, -0.25) is 4.79 Å². The second-order valence-electron chi connectivity index (χ2n) is 6.71. The van der Waals surface area contributed by atoms with Crippen LogP contribution in [0.4, 0.5) is 0 Å². The highest BCUT2D eigenvalue weighted by atomic mass is 79.9. The Bertz CT molecular complexity index is 1130. The van der Waals surface area contributed by atoms with Crippen molar-refractivity contribution in [3.63, 3.8) is 0 Å². The molecule has 3 rings (SSSR count). The third kappa shape index (κ3) is 6.68. The number of hydrazone groups is 1. The Labute approximate surface area is 194 Å². The molecule has 8 heteroatoms. The van der Waals surface area contributed by atoms with E-state index in [1.54, 1.807) is 48.5 Å². The van der Waals surface area contributed by atoms with Crippen molar-refractivity contribution in [2.24, 2.45) is 5.10 Å². The molecule has 0 spiro atoms. The van der Waals surface area contributed by atoms with Crippen LogP contribution in [-0.2, 0) is 4.79 Å². The monoisotopic (exact) mass is 496 g/mol. The van der Waals surface area contributed by atoms with E-state index in [-0.39, 0.29) is 12.4 Å². The van der Waals surface area contributed by atoms with Crippen molar-refractivity contribution in [1.29, 1.82) is 0 Å². The zero-order chi connectivity index (χ0) is 22.9. The van der Waals surface area contributed by atoms with Gasteiger partial charge in [0.2, 0.25) is 0 Å². The van der Waals surface area contributed by atoms with Gasteiger partial charge in [-0.2, -0.15) is 5.10 Å². The predicted octanol–water partition coefficient (Wildman–Crippen LogP) is 4.51.